The van der Waals surface area contributed by atoms with Gasteiger partial charge in [0.05, 0.1) is 18.4 Å². The summed E-state index contributed by atoms with van der Waals surface area (Å²) < 4.78 is 6.78. The van der Waals surface area contributed by atoms with Crippen LogP contribution in [-0.4, -0.2) is 46.4 Å². The van der Waals surface area contributed by atoms with Gasteiger partial charge in [0.2, 0.25) is 0 Å². The first-order valence-electron chi connectivity index (χ1n) is 10.6. The third-order valence-electron chi connectivity index (χ3n) is 6.14. The van der Waals surface area contributed by atoms with E-state index in [1.807, 2.05) is 36.6 Å². The number of nitrogens with one attached hydrogen (secondary N) is 1. The first-order chi connectivity index (χ1) is 15.3. The first kappa shape index (κ1) is 21.5. The van der Waals surface area contributed by atoms with Gasteiger partial charge in [-0.05, 0) is 56.5 Å². The fourth-order valence-electron chi connectivity index (χ4n) is 4.58. The van der Waals surface area contributed by atoms with Crippen LogP contribution in [0.1, 0.15) is 53.0 Å². The minimum atomic E-state index is -0.700. The van der Waals surface area contributed by atoms with E-state index in [2.05, 4.69) is 5.32 Å². The number of carbonyl (C=O) groups is 4. The molecule has 2 fully saturated rings. The number of benzene rings is 1. The lowest BCUT2D eigenvalue weighted by Gasteiger charge is -2.31. The number of para-hydroxylation sites is 1. The third-order valence-corrected chi connectivity index (χ3v) is 6.14. The molecule has 2 aromatic rings. The lowest BCUT2D eigenvalue weighted by Crippen LogP contribution is -2.57. The number of aromatic nitrogens is 1. The molecule has 1 N–H and O–H groups in total. The fraction of sp³-hybridized carbons (Fsp3) is 0.333. The normalized spacial score (nSPS) is 18.4. The van der Waals surface area contributed by atoms with E-state index >= 15 is 0 Å². The van der Waals surface area contributed by atoms with Gasteiger partial charge in [0.25, 0.3) is 11.8 Å². The van der Waals surface area contributed by atoms with Crippen molar-refractivity contribution in [3.8, 4) is 5.69 Å². The van der Waals surface area contributed by atoms with Crippen LogP contribution < -0.4 is 5.32 Å². The summed E-state index contributed by atoms with van der Waals surface area (Å²) in [6, 6.07) is 8.07. The summed E-state index contributed by atoms with van der Waals surface area (Å²) in [7, 11) is 1.33. The number of rotatable bonds is 4. The molecule has 0 radical (unpaired) electrons. The number of imide groups is 2. The molecular weight excluding hydrogens is 410 g/mol. The van der Waals surface area contributed by atoms with Crippen molar-refractivity contribution in [2.45, 2.75) is 45.6 Å². The van der Waals surface area contributed by atoms with E-state index in [0.717, 1.165) is 37.1 Å². The number of esters is 1. The maximum Gasteiger partial charge on any atom is 0.339 e. The van der Waals surface area contributed by atoms with Crippen LogP contribution in [0.25, 0.3) is 11.8 Å². The molecule has 0 atom stereocenters. The highest BCUT2D eigenvalue weighted by atomic mass is 16.5. The number of aryl methyl sites for hydroxylation is 1. The van der Waals surface area contributed by atoms with Gasteiger partial charge in [-0.2, -0.15) is 0 Å². The van der Waals surface area contributed by atoms with Gasteiger partial charge >= 0.3 is 12.0 Å². The number of ether oxygens (including phenoxy) is 1. The molecule has 8 heteroatoms. The third kappa shape index (κ3) is 3.62. The Morgan fingerprint density at radius 1 is 1.12 bits per heavy atom. The maximum absolute atomic E-state index is 13.1. The van der Waals surface area contributed by atoms with Gasteiger partial charge in [0.1, 0.15) is 5.57 Å². The van der Waals surface area contributed by atoms with Crippen molar-refractivity contribution in [1.82, 2.24) is 14.8 Å². The summed E-state index contributed by atoms with van der Waals surface area (Å²) in [5.74, 6) is -1.72. The van der Waals surface area contributed by atoms with Crippen LogP contribution in [0.15, 0.2) is 35.9 Å². The van der Waals surface area contributed by atoms with Crippen molar-refractivity contribution in [3.05, 3.63) is 58.4 Å². The molecule has 32 heavy (non-hydrogen) atoms. The molecule has 1 aliphatic carbocycles. The van der Waals surface area contributed by atoms with E-state index < -0.39 is 23.8 Å². The zero-order valence-corrected chi connectivity index (χ0v) is 18.3. The van der Waals surface area contributed by atoms with Gasteiger partial charge in [-0.3, -0.25) is 19.8 Å². The lowest BCUT2D eigenvalue weighted by molar-refractivity contribution is -0.131. The smallest absolute Gasteiger partial charge is 0.339 e. The Kier molecular flexibility index (Phi) is 5.69. The molecule has 166 valence electrons. The second kappa shape index (κ2) is 8.45. The molecule has 4 amide bonds. The van der Waals surface area contributed by atoms with E-state index in [1.165, 1.54) is 18.1 Å². The van der Waals surface area contributed by atoms with Gasteiger partial charge in [-0.15, -0.1) is 0 Å². The van der Waals surface area contributed by atoms with Crippen molar-refractivity contribution < 1.29 is 23.9 Å². The van der Waals surface area contributed by atoms with Crippen molar-refractivity contribution in [2.75, 3.05) is 7.11 Å². The van der Waals surface area contributed by atoms with E-state index in [-0.39, 0.29) is 11.6 Å². The highest BCUT2D eigenvalue weighted by Gasteiger charge is 2.40. The van der Waals surface area contributed by atoms with Crippen LogP contribution in [0.4, 0.5) is 4.79 Å². The number of urea groups is 1. The molecule has 4 rings (SSSR count). The summed E-state index contributed by atoms with van der Waals surface area (Å²) >= 11 is 0. The number of carbonyl (C=O) groups excluding carboxylic acids is 4. The van der Waals surface area contributed by atoms with Crippen LogP contribution in [0.5, 0.6) is 0 Å². The van der Waals surface area contributed by atoms with Crippen LogP contribution in [0, 0.1) is 13.8 Å². The second-order valence-corrected chi connectivity index (χ2v) is 8.10. The quantitative estimate of drug-likeness (QED) is 0.452. The number of nitrogens with zero attached hydrogens (tertiary/aromatic N) is 2. The zero-order valence-electron chi connectivity index (χ0n) is 18.3. The molecule has 0 bridgehead atoms. The van der Waals surface area contributed by atoms with E-state index in [1.54, 1.807) is 12.1 Å². The Labute approximate surface area is 185 Å². The topological polar surface area (TPSA) is 97.7 Å². The standard InChI is InChI=1S/C24H25N3O5/c1-14-12-16(15(2)26(14)20-11-7-6-10-18(20)23(30)32-3)13-19-21(28)25-24(31)27(22(19)29)17-8-4-5-9-17/h6-7,10-13,17H,4-5,8-9H2,1-3H3,(H,25,28,31)/b19-13+. The number of hydrogen-bond acceptors (Lipinski definition) is 5. The summed E-state index contributed by atoms with van der Waals surface area (Å²) in [5.41, 5.74) is 3.19. The maximum atomic E-state index is 13.1. The molecule has 0 unspecified atom stereocenters. The second-order valence-electron chi connectivity index (χ2n) is 8.10. The molecule has 1 saturated carbocycles. The Morgan fingerprint density at radius 3 is 2.50 bits per heavy atom. The van der Waals surface area contributed by atoms with Gasteiger partial charge in [0.15, 0.2) is 0 Å². The fourth-order valence-corrected chi connectivity index (χ4v) is 4.58. The van der Waals surface area contributed by atoms with Crippen LogP contribution in [0.3, 0.4) is 0 Å². The summed E-state index contributed by atoms with van der Waals surface area (Å²) in [6.07, 6.45) is 4.93. The molecule has 2 heterocycles. The van der Waals surface area contributed by atoms with Gasteiger partial charge in [-0.25, -0.2) is 9.59 Å². The largest absolute Gasteiger partial charge is 0.465 e. The monoisotopic (exact) mass is 435 g/mol. The average Bonchev–Trinajstić information content (AvgIpc) is 3.38. The van der Waals surface area contributed by atoms with Gasteiger partial charge < -0.3 is 9.30 Å². The van der Waals surface area contributed by atoms with E-state index in [0.29, 0.717) is 16.8 Å². The Bertz CT molecular complexity index is 1150. The lowest BCUT2D eigenvalue weighted by atomic mass is 10.1. The molecule has 1 aromatic heterocycles. The minimum absolute atomic E-state index is 0.0713. The Morgan fingerprint density at radius 2 is 1.81 bits per heavy atom. The predicted octanol–water partition coefficient (Wildman–Crippen LogP) is 3.29. The summed E-state index contributed by atoms with van der Waals surface area (Å²) in [6.45, 7) is 3.72. The SMILES string of the molecule is COC(=O)c1ccccc1-n1c(C)cc(/C=C2\C(=O)NC(=O)N(C3CCCC3)C2=O)c1C. The number of barbiturate groups is 1. The van der Waals surface area contributed by atoms with Crippen molar-refractivity contribution in [2.24, 2.45) is 0 Å². The number of methoxy groups -OCH3 is 1. The first-order valence-corrected chi connectivity index (χ1v) is 10.6. The number of hydrogen-bond donors (Lipinski definition) is 1. The molecule has 8 nitrogen and oxygen atoms in total. The Hall–Kier alpha value is -3.68. The van der Waals surface area contributed by atoms with Crippen LogP contribution in [0.2, 0.25) is 0 Å². The van der Waals surface area contributed by atoms with Gasteiger partial charge in [-0.1, -0.05) is 25.0 Å². The molecule has 1 aromatic carbocycles. The van der Waals surface area contributed by atoms with E-state index in [4.69, 9.17) is 4.74 Å². The minimum Gasteiger partial charge on any atom is -0.465 e. The van der Waals surface area contributed by atoms with Crippen molar-refractivity contribution in [3.63, 3.8) is 0 Å². The molecule has 1 aliphatic heterocycles. The van der Waals surface area contributed by atoms with Crippen LogP contribution in [-0.2, 0) is 14.3 Å². The molecule has 1 saturated heterocycles. The zero-order chi connectivity index (χ0) is 23.0. The summed E-state index contributed by atoms with van der Waals surface area (Å²) in [4.78, 5) is 51.4. The summed E-state index contributed by atoms with van der Waals surface area (Å²) in [5, 5.41) is 2.30. The highest BCUT2D eigenvalue weighted by molar-refractivity contribution is 6.31. The predicted molar refractivity (Wildman–Crippen MR) is 117 cm³/mol. The Balaban J connectivity index is 1.76. The van der Waals surface area contributed by atoms with Crippen LogP contribution >= 0.6 is 0 Å². The van der Waals surface area contributed by atoms with E-state index in [9.17, 15) is 19.2 Å². The molecular formula is C24H25N3O5. The number of amides is 4. The molecule has 0 spiro atoms. The van der Waals surface area contributed by atoms with Gasteiger partial charge in [0, 0.05) is 17.4 Å². The highest BCUT2D eigenvalue weighted by Crippen LogP contribution is 2.29. The van der Waals surface area contributed by atoms with Crippen molar-refractivity contribution >= 4 is 29.9 Å². The molecule has 2 aliphatic rings. The average molecular weight is 435 g/mol. The van der Waals surface area contributed by atoms with Crippen molar-refractivity contribution in [1.29, 1.82) is 0 Å².